The van der Waals surface area contributed by atoms with Gasteiger partial charge in [0.1, 0.15) is 0 Å². The Bertz CT molecular complexity index is 1140. The van der Waals surface area contributed by atoms with Gasteiger partial charge in [-0.3, -0.25) is 0 Å². The summed E-state index contributed by atoms with van der Waals surface area (Å²) in [5.74, 6) is 0. The van der Waals surface area contributed by atoms with E-state index < -0.39 is 0 Å². The maximum Gasteiger partial charge on any atom is 0.0484 e. The lowest BCUT2D eigenvalue weighted by atomic mass is 9.81. The van der Waals surface area contributed by atoms with Crippen molar-refractivity contribution in [3.05, 3.63) is 82.9 Å². The molecular weight excluding hydrogens is 312 g/mol. The summed E-state index contributed by atoms with van der Waals surface area (Å²) in [4.78, 5) is 0. The van der Waals surface area contributed by atoms with Crippen molar-refractivity contribution in [1.29, 1.82) is 0 Å². The van der Waals surface area contributed by atoms with E-state index in [1.165, 1.54) is 38.4 Å². The number of rotatable bonds is 0. The molecule has 0 atom stereocenters. The first kappa shape index (κ1) is 14.1. The molecule has 0 saturated carbocycles. The monoisotopic (exact) mass is 328 g/mol. The average molecular weight is 329 g/mol. The maximum absolute atomic E-state index is 6.40. The summed E-state index contributed by atoms with van der Waals surface area (Å²) in [5.41, 5.74) is 5.58. The summed E-state index contributed by atoms with van der Waals surface area (Å²) >= 11 is 6.40. The molecule has 0 N–H and O–H groups in total. The van der Waals surface area contributed by atoms with Gasteiger partial charge in [0.05, 0.1) is 0 Å². The van der Waals surface area contributed by atoms with Gasteiger partial charge >= 0.3 is 0 Å². The second kappa shape index (κ2) is 4.62. The Labute approximate surface area is 146 Å². The van der Waals surface area contributed by atoms with E-state index >= 15 is 0 Å². The topological polar surface area (TPSA) is 0 Å². The summed E-state index contributed by atoms with van der Waals surface area (Å²) in [6.07, 6.45) is 0. The molecule has 0 aliphatic heterocycles. The number of halogens is 1. The minimum absolute atomic E-state index is 0.0286. The molecule has 0 aromatic heterocycles. The van der Waals surface area contributed by atoms with E-state index in [9.17, 15) is 0 Å². The molecule has 4 aromatic rings. The molecule has 0 nitrogen and oxygen atoms in total. The summed E-state index contributed by atoms with van der Waals surface area (Å²) in [6, 6.07) is 24.0. The Morgan fingerprint density at radius 3 is 2.38 bits per heavy atom. The highest BCUT2D eigenvalue weighted by molar-refractivity contribution is 6.36. The molecule has 0 radical (unpaired) electrons. The predicted octanol–water partition coefficient (Wildman–Crippen LogP) is 6.95. The van der Waals surface area contributed by atoms with Crippen LogP contribution < -0.4 is 0 Å². The first-order valence-electron chi connectivity index (χ1n) is 8.33. The molecule has 116 valence electrons. The van der Waals surface area contributed by atoms with Crippen molar-refractivity contribution in [3.8, 4) is 11.1 Å². The zero-order valence-corrected chi connectivity index (χ0v) is 14.5. The number of benzene rings is 4. The van der Waals surface area contributed by atoms with Crippen LogP contribution in [0, 0.1) is 0 Å². The van der Waals surface area contributed by atoms with Gasteiger partial charge in [0, 0.05) is 15.8 Å². The van der Waals surface area contributed by atoms with Gasteiger partial charge < -0.3 is 0 Å². The normalized spacial score (nSPS) is 14.8. The molecule has 0 saturated heterocycles. The van der Waals surface area contributed by atoms with E-state index in [0.717, 1.165) is 10.4 Å². The quantitative estimate of drug-likeness (QED) is 0.306. The zero-order valence-electron chi connectivity index (χ0n) is 13.7. The van der Waals surface area contributed by atoms with E-state index in [1.807, 2.05) is 12.1 Å². The molecule has 4 aromatic carbocycles. The smallest absolute Gasteiger partial charge is 0.0484 e. The lowest BCUT2D eigenvalue weighted by molar-refractivity contribution is 0.661. The second-order valence-electron chi connectivity index (χ2n) is 7.19. The number of hydrogen-bond acceptors (Lipinski definition) is 0. The van der Waals surface area contributed by atoms with Crippen LogP contribution in [-0.4, -0.2) is 0 Å². The molecule has 0 fully saturated rings. The van der Waals surface area contributed by atoms with Crippen molar-refractivity contribution >= 4 is 33.1 Å². The highest BCUT2D eigenvalue weighted by Gasteiger charge is 2.35. The molecule has 0 unspecified atom stereocenters. The van der Waals surface area contributed by atoms with Crippen molar-refractivity contribution in [2.45, 2.75) is 19.3 Å². The van der Waals surface area contributed by atoms with Gasteiger partial charge in [0.15, 0.2) is 0 Å². The van der Waals surface area contributed by atoms with Crippen LogP contribution in [0.3, 0.4) is 0 Å². The van der Waals surface area contributed by atoms with E-state index in [0.29, 0.717) is 0 Å². The Hall–Kier alpha value is -2.31. The van der Waals surface area contributed by atoms with Crippen molar-refractivity contribution in [2.24, 2.45) is 0 Å². The highest BCUT2D eigenvalue weighted by Crippen LogP contribution is 2.50. The van der Waals surface area contributed by atoms with Crippen LogP contribution in [-0.2, 0) is 5.41 Å². The van der Waals surface area contributed by atoms with Gasteiger partial charge in [-0.1, -0.05) is 74.0 Å². The number of hydrogen-bond donors (Lipinski definition) is 0. The van der Waals surface area contributed by atoms with Gasteiger partial charge in [-0.15, -0.1) is 0 Å². The van der Waals surface area contributed by atoms with Gasteiger partial charge in [-0.05, 0) is 56.6 Å². The molecule has 1 aliphatic rings. The fraction of sp³-hybridized carbons (Fsp3) is 0.130. The maximum atomic E-state index is 6.40. The Morgan fingerprint density at radius 2 is 1.50 bits per heavy atom. The third-order valence-electron chi connectivity index (χ3n) is 5.53. The summed E-state index contributed by atoms with van der Waals surface area (Å²) < 4.78 is 0. The van der Waals surface area contributed by atoms with Crippen LogP contribution in [0.1, 0.15) is 25.0 Å². The molecule has 0 bridgehead atoms. The molecular formula is C23H17Cl. The van der Waals surface area contributed by atoms with Crippen molar-refractivity contribution < 1.29 is 0 Å². The van der Waals surface area contributed by atoms with Crippen molar-refractivity contribution in [2.75, 3.05) is 0 Å². The fourth-order valence-corrected chi connectivity index (χ4v) is 4.49. The van der Waals surface area contributed by atoms with Crippen LogP contribution in [0.4, 0.5) is 0 Å². The van der Waals surface area contributed by atoms with E-state index in [2.05, 4.69) is 68.4 Å². The SMILES string of the molecule is CC1(C)c2ccccc2-c2cc3ccc4c(Cl)cccc4c3cc21. The van der Waals surface area contributed by atoms with Crippen LogP contribution in [0.15, 0.2) is 66.7 Å². The Balaban J connectivity index is 1.94. The lowest BCUT2D eigenvalue weighted by Gasteiger charge is -2.22. The zero-order chi connectivity index (χ0) is 16.5. The van der Waals surface area contributed by atoms with Gasteiger partial charge in [0.25, 0.3) is 0 Å². The third-order valence-corrected chi connectivity index (χ3v) is 5.86. The molecule has 1 heteroatoms. The van der Waals surface area contributed by atoms with Crippen LogP contribution >= 0.6 is 11.6 Å². The fourth-order valence-electron chi connectivity index (χ4n) is 4.25. The number of fused-ring (bicyclic) bond motifs is 6. The van der Waals surface area contributed by atoms with E-state index in [-0.39, 0.29) is 5.41 Å². The Morgan fingerprint density at radius 1 is 0.667 bits per heavy atom. The summed E-state index contributed by atoms with van der Waals surface area (Å²) in [6.45, 7) is 4.64. The van der Waals surface area contributed by atoms with Gasteiger partial charge in [0.2, 0.25) is 0 Å². The van der Waals surface area contributed by atoms with E-state index in [4.69, 9.17) is 11.6 Å². The van der Waals surface area contributed by atoms with Gasteiger partial charge in [-0.25, -0.2) is 0 Å². The lowest BCUT2D eigenvalue weighted by Crippen LogP contribution is -2.14. The van der Waals surface area contributed by atoms with Gasteiger partial charge in [-0.2, -0.15) is 0 Å². The van der Waals surface area contributed by atoms with Crippen LogP contribution in [0.5, 0.6) is 0 Å². The Kier molecular flexibility index (Phi) is 2.71. The largest absolute Gasteiger partial charge is 0.0837 e. The minimum Gasteiger partial charge on any atom is -0.0837 e. The molecule has 24 heavy (non-hydrogen) atoms. The third kappa shape index (κ3) is 1.70. The van der Waals surface area contributed by atoms with Crippen LogP contribution in [0.2, 0.25) is 5.02 Å². The first-order chi connectivity index (χ1) is 11.6. The summed E-state index contributed by atoms with van der Waals surface area (Å²) in [7, 11) is 0. The standard InChI is InChI=1S/C23H17Cl/c1-23(2)20-8-4-3-6-16(20)19-12-14-10-11-17-15(7-5-9-22(17)24)18(14)13-21(19)23/h3-13H,1-2H3. The first-order valence-corrected chi connectivity index (χ1v) is 8.70. The molecule has 0 spiro atoms. The molecule has 5 rings (SSSR count). The van der Waals surface area contributed by atoms with E-state index in [1.54, 1.807) is 0 Å². The minimum atomic E-state index is 0.0286. The molecule has 0 amide bonds. The predicted molar refractivity (Wildman–Crippen MR) is 104 cm³/mol. The van der Waals surface area contributed by atoms with Crippen molar-refractivity contribution in [1.82, 2.24) is 0 Å². The average Bonchev–Trinajstić information content (AvgIpc) is 2.82. The van der Waals surface area contributed by atoms with Crippen molar-refractivity contribution in [3.63, 3.8) is 0 Å². The second-order valence-corrected chi connectivity index (χ2v) is 7.60. The molecule has 1 aliphatic carbocycles. The summed E-state index contributed by atoms with van der Waals surface area (Å²) in [5, 5.41) is 5.73. The van der Waals surface area contributed by atoms with Crippen LogP contribution in [0.25, 0.3) is 32.7 Å². The molecule has 0 heterocycles. The highest BCUT2D eigenvalue weighted by atomic mass is 35.5.